The van der Waals surface area contributed by atoms with Crippen LogP contribution in [0.3, 0.4) is 0 Å². The third-order valence-corrected chi connectivity index (χ3v) is 6.39. The summed E-state index contributed by atoms with van der Waals surface area (Å²) in [5, 5.41) is 4.43. The summed E-state index contributed by atoms with van der Waals surface area (Å²) in [5.41, 5.74) is 2.42. The third-order valence-electron chi connectivity index (χ3n) is 6.04. The van der Waals surface area contributed by atoms with Gasteiger partial charge in [-0.1, -0.05) is 18.9 Å². The molecular weight excluding hydrogens is 366 g/mol. The van der Waals surface area contributed by atoms with Crippen molar-refractivity contribution < 1.29 is 0 Å². The molecule has 28 heavy (non-hydrogen) atoms. The molecule has 3 heterocycles. The molecule has 2 atom stereocenters. The SMILES string of the molecule is CN(C)CCCN1C(=S)N[C@@H](c2ccccn2)[C@@H]1c1cccn1C1CCCC1. The number of thiocarbonyl (C=S) groups is 1. The van der Waals surface area contributed by atoms with E-state index in [9.17, 15) is 0 Å². The van der Waals surface area contributed by atoms with Crippen molar-refractivity contribution in [1.29, 1.82) is 0 Å². The van der Waals surface area contributed by atoms with Crippen LogP contribution >= 0.6 is 12.2 Å². The van der Waals surface area contributed by atoms with Crippen LogP contribution in [0.15, 0.2) is 42.7 Å². The first-order chi connectivity index (χ1) is 13.6. The van der Waals surface area contributed by atoms with Crippen LogP contribution in [0.5, 0.6) is 0 Å². The Balaban J connectivity index is 1.67. The van der Waals surface area contributed by atoms with Crippen LogP contribution in [-0.4, -0.2) is 51.6 Å². The molecule has 0 radical (unpaired) electrons. The maximum atomic E-state index is 5.79. The number of pyridine rings is 1. The average Bonchev–Trinajstić information content (AvgIpc) is 3.42. The third kappa shape index (κ3) is 3.94. The molecular formula is C22H31N5S. The van der Waals surface area contributed by atoms with E-state index in [2.05, 4.69) is 69.2 Å². The van der Waals surface area contributed by atoms with E-state index in [-0.39, 0.29) is 12.1 Å². The van der Waals surface area contributed by atoms with Gasteiger partial charge in [0, 0.05) is 30.7 Å². The maximum Gasteiger partial charge on any atom is 0.170 e. The topological polar surface area (TPSA) is 36.3 Å². The summed E-state index contributed by atoms with van der Waals surface area (Å²) in [5.74, 6) is 0. The molecule has 1 saturated carbocycles. The van der Waals surface area contributed by atoms with Crippen LogP contribution in [0.25, 0.3) is 0 Å². The number of nitrogens with zero attached hydrogens (tertiary/aromatic N) is 4. The zero-order valence-corrected chi connectivity index (χ0v) is 17.7. The van der Waals surface area contributed by atoms with Crippen molar-refractivity contribution in [2.45, 2.75) is 50.2 Å². The van der Waals surface area contributed by atoms with Crippen LogP contribution in [0.2, 0.25) is 0 Å². The lowest BCUT2D eigenvalue weighted by molar-refractivity contribution is 0.278. The van der Waals surface area contributed by atoms with Gasteiger partial charge in [0.15, 0.2) is 5.11 Å². The van der Waals surface area contributed by atoms with Gasteiger partial charge in [-0.3, -0.25) is 4.98 Å². The van der Waals surface area contributed by atoms with Gasteiger partial charge in [0.2, 0.25) is 0 Å². The first kappa shape index (κ1) is 19.4. The summed E-state index contributed by atoms with van der Waals surface area (Å²) in [7, 11) is 4.25. The normalized spacial score (nSPS) is 23.0. The smallest absolute Gasteiger partial charge is 0.170 e. The molecule has 150 valence electrons. The van der Waals surface area contributed by atoms with E-state index in [0.29, 0.717) is 6.04 Å². The van der Waals surface area contributed by atoms with Gasteiger partial charge in [0.05, 0.1) is 17.8 Å². The van der Waals surface area contributed by atoms with Crippen molar-refractivity contribution in [3.05, 3.63) is 54.1 Å². The van der Waals surface area contributed by atoms with Crippen LogP contribution < -0.4 is 5.32 Å². The van der Waals surface area contributed by atoms with Gasteiger partial charge in [-0.25, -0.2) is 0 Å². The van der Waals surface area contributed by atoms with Gasteiger partial charge < -0.3 is 19.7 Å². The largest absolute Gasteiger partial charge is 0.352 e. The predicted octanol–water partition coefficient (Wildman–Crippen LogP) is 3.92. The Hall–Kier alpha value is -1.92. The quantitative estimate of drug-likeness (QED) is 0.717. The van der Waals surface area contributed by atoms with Gasteiger partial charge in [-0.05, 0) is 76.4 Å². The molecule has 5 nitrogen and oxygen atoms in total. The molecule has 2 aliphatic rings. The summed E-state index contributed by atoms with van der Waals surface area (Å²) in [4.78, 5) is 9.28. The number of hydrogen-bond acceptors (Lipinski definition) is 3. The van der Waals surface area contributed by atoms with Crippen molar-refractivity contribution >= 4 is 17.3 Å². The van der Waals surface area contributed by atoms with Crippen molar-refractivity contribution in [1.82, 2.24) is 24.7 Å². The molecule has 0 spiro atoms. The molecule has 1 aliphatic heterocycles. The van der Waals surface area contributed by atoms with Crippen LogP contribution in [0.4, 0.5) is 0 Å². The molecule has 0 bridgehead atoms. The number of hydrogen-bond donors (Lipinski definition) is 1. The second-order valence-corrected chi connectivity index (χ2v) is 8.64. The first-order valence-electron chi connectivity index (χ1n) is 10.4. The van der Waals surface area contributed by atoms with Gasteiger partial charge in [0.25, 0.3) is 0 Å². The summed E-state index contributed by atoms with van der Waals surface area (Å²) in [6, 6.07) is 11.5. The Morgan fingerprint density at radius 1 is 1.18 bits per heavy atom. The van der Waals surface area contributed by atoms with Crippen molar-refractivity contribution in [2.24, 2.45) is 0 Å². The zero-order chi connectivity index (χ0) is 19.5. The summed E-state index contributed by atoms with van der Waals surface area (Å²) >= 11 is 5.79. The minimum absolute atomic E-state index is 0.0862. The monoisotopic (exact) mass is 397 g/mol. The number of rotatable bonds is 7. The molecule has 0 aromatic carbocycles. The molecule has 6 heteroatoms. The van der Waals surface area contributed by atoms with E-state index < -0.39 is 0 Å². The maximum absolute atomic E-state index is 5.79. The van der Waals surface area contributed by atoms with Gasteiger partial charge in [0.1, 0.15) is 0 Å². The van der Waals surface area contributed by atoms with Crippen LogP contribution in [-0.2, 0) is 0 Å². The average molecular weight is 398 g/mol. The van der Waals surface area contributed by atoms with E-state index in [1.165, 1.54) is 31.4 Å². The predicted molar refractivity (Wildman–Crippen MR) is 117 cm³/mol. The number of nitrogens with one attached hydrogen (secondary N) is 1. The van der Waals surface area contributed by atoms with Crippen molar-refractivity contribution in [3.8, 4) is 0 Å². The molecule has 2 fully saturated rings. The summed E-state index contributed by atoms with van der Waals surface area (Å²) in [6.45, 7) is 2.01. The second-order valence-electron chi connectivity index (χ2n) is 8.26. The van der Waals surface area contributed by atoms with Crippen LogP contribution in [0, 0.1) is 0 Å². The fourth-order valence-corrected chi connectivity index (χ4v) is 5.03. The van der Waals surface area contributed by atoms with E-state index >= 15 is 0 Å². The summed E-state index contributed by atoms with van der Waals surface area (Å²) < 4.78 is 2.52. The highest BCUT2D eigenvalue weighted by Gasteiger charge is 2.41. The van der Waals surface area contributed by atoms with Crippen molar-refractivity contribution in [2.75, 3.05) is 27.2 Å². The Morgan fingerprint density at radius 3 is 2.71 bits per heavy atom. The molecule has 1 aliphatic carbocycles. The highest BCUT2D eigenvalue weighted by molar-refractivity contribution is 7.80. The minimum atomic E-state index is 0.0862. The highest BCUT2D eigenvalue weighted by Crippen LogP contribution is 2.41. The Kier molecular flexibility index (Phi) is 5.97. The van der Waals surface area contributed by atoms with E-state index in [1.54, 1.807) is 0 Å². The van der Waals surface area contributed by atoms with Gasteiger partial charge in [-0.2, -0.15) is 0 Å². The first-order valence-corrected chi connectivity index (χ1v) is 10.9. The minimum Gasteiger partial charge on any atom is -0.352 e. The lowest BCUT2D eigenvalue weighted by Gasteiger charge is -2.30. The Labute approximate surface area is 173 Å². The Morgan fingerprint density at radius 2 is 2.00 bits per heavy atom. The van der Waals surface area contributed by atoms with E-state index in [1.807, 2.05) is 12.3 Å². The van der Waals surface area contributed by atoms with E-state index in [0.717, 1.165) is 30.3 Å². The number of aromatic nitrogens is 2. The molecule has 1 N–H and O–H groups in total. The standard InChI is InChI=1S/C22H31N5S/c1-25(2)14-8-16-27-21(19-12-7-15-26(19)17-9-3-4-10-17)20(24-22(27)28)18-11-5-6-13-23-18/h5-7,11-13,15,17,20-21H,3-4,8-10,14,16H2,1-2H3,(H,24,28)/t20-,21-/m0/s1. The molecule has 0 amide bonds. The van der Waals surface area contributed by atoms with Crippen LogP contribution in [0.1, 0.15) is 61.6 Å². The lowest BCUT2D eigenvalue weighted by atomic mass is 10.0. The molecule has 4 rings (SSSR count). The fraction of sp³-hybridized carbons (Fsp3) is 0.545. The Bertz CT molecular complexity index is 781. The van der Waals surface area contributed by atoms with Crippen molar-refractivity contribution in [3.63, 3.8) is 0 Å². The fourth-order valence-electron chi connectivity index (χ4n) is 4.70. The second kappa shape index (κ2) is 8.62. The molecule has 1 saturated heterocycles. The van der Waals surface area contributed by atoms with Gasteiger partial charge >= 0.3 is 0 Å². The molecule has 2 aromatic heterocycles. The molecule has 0 unspecified atom stereocenters. The lowest BCUT2D eigenvalue weighted by Crippen LogP contribution is -2.33. The zero-order valence-electron chi connectivity index (χ0n) is 16.9. The highest BCUT2D eigenvalue weighted by atomic mass is 32.1. The molecule has 2 aromatic rings. The summed E-state index contributed by atoms with van der Waals surface area (Å²) in [6.07, 6.45) is 10.5. The van der Waals surface area contributed by atoms with E-state index in [4.69, 9.17) is 12.2 Å². The van der Waals surface area contributed by atoms with Gasteiger partial charge in [-0.15, -0.1) is 0 Å².